The van der Waals surface area contributed by atoms with Crippen molar-refractivity contribution in [1.29, 1.82) is 0 Å². The van der Waals surface area contributed by atoms with Crippen molar-refractivity contribution in [3.05, 3.63) is 54.1 Å². The number of nitrogens with zero attached hydrogens (tertiary/aromatic N) is 2. The van der Waals surface area contributed by atoms with Crippen molar-refractivity contribution in [1.82, 2.24) is 4.90 Å². The number of piperazine rings is 1. The van der Waals surface area contributed by atoms with Crippen LogP contribution in [0.25, 0.3) is 0 Å². The number of benzene rings is 1. The summed E-state index contributed by atoms with van der Waals surface area (Å²) in [6.07, 6.45) is 12.0. The lowest BCUT2D eigenvalue weighted by atomic mass is 9.75. The minimum absolute atomic E-state index is 0.112. The van der Waals surface area contributed by atoms with E-state index < -0.39 is 0 Å². The van der Waals surface area contributed by atoms with Crippen LogP contribution in [0.3, 0.4) is 0 Å². The second-order valence-electron chi connectivity index (χ2n) is 7.94. The molecule has 4 rings (SSSR count). The fourth-order valence-corrected chi connectivity index (χ4v) is 4.95. The van der Waals surface area contributed by atoms with Crippen LogP contribution in [0.4, 0.5) is 10.1 Å². The molecule has 1 saturated heterocycles. The smallest absolute Gasteiger partial charge is 0.146 e. The molecule has 0 unspecified atom stereocenters. The van der Waals surface area contributed by atoms with Gasteiger partial charge in [-0.3, -0.25) is 4.90 Å². The molecule has 0 amide bonds. The van der Waals surface area contributed by atoms with Crippen LogP contribution in [0.15, 0.2) is 48.3 Å². The van der Waals surface area contributed by atoms with Crippen molar-refractivity contribution in [2.24, 2.45) is 11.8 Å². The van der Waals surface area contributed by atoms with Gasteiger partial charge in [0.1, 0.15) is 11.6 Å². The number of anilines is 1. The molecule has 1 aromatic rings. The zero-order valence-electron chi connectivity index (χ0n) is 15.4. The first kappa shape index (κ1) is 17.6. The van der Waals surface area contributed by atoms with Crippen molar-refractivity contribution in [2.75, 3.05) is 31.1 Å². The van der Waals surface area contributed by atoms with Crippen molar-refractivity contribution < 1.29 is 9.50 Å². The number of halogens is 1. The minimum atomic E-state index is -0.112. The lowest BCUT2D eigenvalue weighted by molar-refractivity contribution is 0.118. The third-order valence-electron chi connectivity index (χ3n) is 6.45. The van der Waals surface area contributed by atoms with Crippen LogP contribution in [0.2, 0.25) is 0 Å². The molecule has 0 radical (unpaired) electrons. The second kappa shape index (κ2) is 7.83. The van der Waals surface area contributed by atoms with E-state index in [-0.39, 0.29) is 5.82 Å². The molecule has 1 N–H and O–H groups in total. The van der Waals surface area contributed by atoms with Crippen molar-refractivity contribution in [3.8, 4) is 0 Å². The Morgan fingerprint density at radius 2 is 1.69 bits per heavy atom. The van der Waals surface area contributed by atoms with Crippen LogP contribution in [-0.4, -0.2) is 42.2 Å². The molecule has 1 saturated carbocycles. The molecule has 2 aliphatic carbocycles. The Morgan fingerprint density at radius 3 is 2.38 bits per heavy atom. The summed E-state index contributed by atoms with van der Waals surface area (Å²) in [5, 5.41) is 9.74. The number of aliphatic hydroxyl groups is 1. The van der Waals surface area contributed by atoms with E-state index in [1.165, 1.54) is 25.7 Å². The minimum Gasteiger partial charge on any atom is -0.508 e. The topological polar surface area (TPSA) is 26.7 Å². The first-order valence-corrected chi connectivity index (χ1v) is 10.0. The van der Waals surface area contributed by atoms with E-state index in [9.17, 15) is 9.50 Å². The highest BCUT2D eigenvalue weighted by Gasteiger charge is 2.31. The molecule has 1 heterocycles. The van der Waals surface area contributed by atoms with E-state index >= 15 is 0 Å². The van der Waals surface area contributed by atoms with E-state index in [1.54, 1.807) is 12.1 Å². The Kier molecular flexibility index (Phi) is 5.30. The summed E-state index contributed by atoms with van der Waals surface area (Å²) in [5.74, 6) is 1.55. The Balaban J connectivity index is 1.27. The summed E-state index contributed by atoms with van der Waals surface area (Å²) in [6, 6.07) is 7.78. The highest BCUT2D eigenvalue weighted by atomic mass is 19.1. The Hall–Kier alpha value is -1.81. The van der Waals surface area contributed by atoms with E-state index in [2.05, 4.69) is 22.0 Å². The van der Waals surface area contributed by atoms with E-state index in [4.69, 9.17) is 0 Å². The summed E-state index contributed by atoms with van der Waals surface area (Å²) >= 11 is 0. The molecule has 1 atom stereocenters. The van der Waals surface area contributed by atoms with Gasteiger partial charge in [0, 0.05) is 32.2 Å². The number of aliphatic hydroxyl groups excluding tert-OH is 1. The van der Waals surface area contributed by atoms with Crippen LogP contribution in [-0.2, 0) is 0 Å². The third-order valence-corrected chi connectivity index (χ3v) is 6.45. The zero-order chi connectivity index (χ0) is 17.9. The molecule has 26 heavy (non-hydrogen) atoms. The van der Waals surface area contributed by atoms with Gasteiger partial charge in [0.05, 0.1) is 5.69 Å². The first-order valence-electron chi connectivity index (χ1n) is 10.0. The van der Waals surface area contributed by atoms with E-state index in [0.29, 0.717) is 23.6 Å². The van der Waals surface area contributed by atoms with Gasteiger partial charge in [-0.15, -0.1) is 0 Å². The molecule has 3 aliphatic rings. The van der Waals surface area contributed by atoms with Crippen molar-refractivity contribution in [2.45, 2.75) is 38.1 Å². The summed E-state index contributed by atoms with van der Waals surface area (Å²) in [4.78, 5) is 4.79. The standard InChI is InChI=1S/C22H29FN2O/c23-21-6-1-2-7-22(21)25-14-12-24(13-15-25)19-10-8-17(9-11-19)18-4-3-5-20(26)16-18/h1-3,5-7,16-19,26H,4,8-15H2/t17?,18-,19?/m0/s1. The lowest BCUT2D eigenvalue weighted by Crippen LogP contribution is -2.51. The first-order chi connectivity index (χ1) is 12.7. The molecule has 4 heteroatoms. The van der Waals surface area contributed by atoms with E-state index in [1.807, 2.05) is 18.2 Å². The molecule has 3 nitrogen and oxygen atoms in total. The van der Waals surface area contributed by atoms with Crippen molar-refractivity contribution in [3.63, 3.8) is 0 Å². The zero-order valence-corrected chi connectivity index (χ0v) is 15.4. The third kappa shape index (κ3) is 3.80. The number of allylic oxidation sites excluding steroid dienone is 3. The van der Waals surface area contributed by atoms with Crippen LogP contribution in [0, 0.1) is 17.7 Å². The molecule has 2 fully saturated rings. The summed E-state index contributed by atoms with van der Waals surface area (Å²) in [5.41, 5.74) is 0.743. The Labute approximate surface area is 155 Å². The predicted octanol–water partition coefficient (Wildman–Crippen LogP) is 4.52. The number of rotatable bonds is 3. The normalized spacial score (nSPS) is 30.3. The summed E-state index contributed by atoms with van der Waals surface area (Å²) < 4.78 is 14.0. The molecule has 0 bridgehead atoms. The Bertz CT molecular complexity index is 670. The second-order valence-corrected chi connectivity index (χ2v) is 7.94. The molecular weight excluding hydrogens is 327 g/mol. The highest BCUT2D eigenvalue weighted by Crippen LogP contribution is 2.36. The Morgan fingerprint density at radius 1 is 0.962 bits per heavy atom. The van der Waals surface area contributed by atoms with Gasteiger partial charge in [0.15, 0.2) is 0 Å². The fraction of sp³-hybridized carbons (Fsp3) is 0.545. The van der Waals surface area contributed by atoms with Gasteiger partial charge in [-0.05, 0) is 68.2 Å². The van der Waals surface area contributed by atoms with Gasteiger partial charge < -0.3 is 10.0 Å². The number of hydrogen-bond acceptors (Lipinski definition) is 3. The van der Waals surface area contributed by atoms with Gasteiger partial charge in [-0.2, -0.15) is 0 Å². The van der Waals surface area contributed by atoms with Gasteiger partial charge in [0.25, 0.3) is 0 Å². The molecule has 0 aromatic heterocycles. The SMILES string of the molecule is OC1=C[C@@H](C2CCC(N3CCN(c4ccccc4F)CC3)CC2)CC=C1. The van der Waals surface area contributed by atoms with Crippen LogP contribution < -0.4 is 4.90 Å². The monoisotopic (exact) mass is 356 g/mol. The van der Waals surface area contributed by atoms with Crippen LogP contribution in [0.5, 0.6) is 0 Å². The maximum atomic E-state index is 14.0. The molecule has 1 aliphatic heterocycles. The average Bonchev–Trinajstić information content (AvgIpc) is 2.69. The van der Waals surface area contributed by atoms with E-state index in [0.717, 1.165) is 38.3 Å². The van der Waals surface area contributed by atoms with Gasteiger partial charge in [0.2, 0.25) is 0 Å². The van der Waals surface area contributed by atoms with Gasteiger partial charge in [-0.25, -0.2) is 4.39 Å². The van der Waals surface area contributed by atoms with Crippen molar-refractivity contribution >= 4 is 5.69 Å². The maximum Gasteiger partial charge on any atom is 0.146 e. The molecular formula is C22H29FN2O. The van der Waals surface area contributed by atoms with Gasteiger partial charge in [-0.1, -0.05) is 18.2 Å². The maximum absolute atomic E-state index is 14.0. The molecule has 1 aromatic carbocycles. The predicted molar refractivity (Wildman–Crippen MR) is 104 cm³/mol. The largest absolute Gasteiger partial charge is 0.508 e. The number of hydrogen-bond donors (Lipinski definition) is 1. The van der Waals surface area contributed by atoms with Crippen LogP contribution >= 0.6 is 0 Å². The fourth-order valence-electron chi connectivity index (χ4n) is 4.95. The van der Waals surface area contributed by atoms with Crippen LogP contribution in [0.1, 0.15) is 32.1 Å². The lowest BCUT2D eigenvalue weighted by Gasteiger charge is -2.43. The quantitative estimate of drug-likeness (QED) is 0.862. The summed E-state index contributed by atoms with van der Waals surface area (Å²) in [6.45, 7) is 3.86. The highest BCUT2D eigenvalue weighted by molar-refractivity contribution is 5.48. The summed E-state index contributed by atoms with van der Waals surface area (Å²) in [7, 11) is 0. The molecule has 0 spiro atoms. The number of para-hydroxylation sites is 1. The van der Waals surface area contributed by atoms with Gasteiger partial charge >= 0.3 is 0 Å². The average molecular weight is 356 g/mol. The molecule has 140 valence electrons.